The van der Waals surface area contributed by atoms with E-state index in [9.17, 15) is 9.90 Å². The van der Waals surface area contributed by atoms with E-state index in [0.717, 1.165) is 11.4 Å². The van der Waals surface area contributed by atoms with Gasteiger partial charge < -0.3 is 15.2 Å². The number of nitrogens with one attached hydrogen (secondary N) is 1. The Balaban J connectivity index is 1.71. The number of rotatable bonds is 5. The van der Waals surface area contributed by atoms with E-state index in [1.165, 1.54) is 6.33 Å². The Morgan fingerprint density at radius 3 is 2.87 bits per heavy atom. The smallest absolute Gasteiger partial charge is 0.251 e. The van der Waals surface area contributed by atoms with Gasteiger partial charge in [-0.1, -0.05) is 0 Å². The van der Waals surface area contributed by atoms with Crippen LogP contribution in [0.1, 0.15) is 49.8 Å². The second kappa shape index (κ2) is 7.56. The third-order valence-corrected chi connectivity index (χ3v) is 4.82. The summed E-state index contributed by atoms with van der Waals surface area (Å²) in [5, 5.41) is 21.7. The highest BCUT2D eigenvalue weighted by molar-refractivity contribution is 5.95. The Hall–Kier alpha value is -3.20. The molecule has 9 heteroatoms. The van der Waals surface area contributed by atoms with Crippen molar-refractivity contribution in [1.82, 2.24) is 29.9 Å². The first-order valence-corrected chi connectivity index (χ1v) is 9.99. The van der Waals surface area contributed by atoms with Gasteiger partial charge in [-0.2, -0.15) is 10.2 Å². The van der Waals surface area contributed by atoms with Gasteiger partial charge in [-0.15, -0.1) is 0 Å². The third-order valence-electron chi connectivity index (χ3n) is 4.82. The summed E-state index contributed by atoms with van der Waals surface area (Å²) in [6, 6.07) is 7.40. The second-order valence-corrected chi connectivity index (χ2v) is 8.33. The van der Waals surface area contributed by atoms with Crippen LogP contribution in [0.4, 0.5) is 0 Å². The van der Waals surface area contributed by atoms with Crippen LogP contribution >= 0.6 is 0 Å². The van der Waals surface area contributed by atoms with Crippen LogP contribution in [0.25, 0.3) is 17.2 Å². The van der Waals surface area contributed by atoms with E-state index < -0.39 is 5.60 Å². The number of hydrogen-bond donors (Lipinski definition) is 2. The maximum absolute atomic E-state index is 12.6. The average molecular weight is 410 g/mol. The van der Waals surface area contributed by atoms with Gasteiger partial charge in [-0.25, -0.2) is 14.3 Å². The maximum Gasteiger partial charge on any atom is 0.251 e. The molecule has 3 heterocycles. The van der Waals surface area contributed by atoms with Gasteiger partial charge in [0.2, 0.25) is 0 Å². The number of aliphatic hydroxyl groups is 1. The molecule has 0 saturated heterocycles. The van der Waals surface area contributed by atoms with Gasteiger partial charge in [0.15, 0.2) is 5.82 Å². The number of nitrogens with zero attached hydrogens (tertiary/aromatic N) is 5. The molecule has 0 aliphatic carbocycles. The first kappa shape index (κ1) is 20.1. The van der Waals surface area contributed by atoms with Crippen molar-refractivity contribution < 1.29 is 14.6 Å². The normalized spacial score (nSPS) is 13.4. The second-order valence-electron chi connectivity index (χ2n) is 8.33. The number of amides is 1. The molecule has 0 unspecified atom stereocenters. The van der Waals surface area contributed by atoms with Crippen molar-refractivity contribution in [1.29, 1.82) is 0 Å². The molecule has 1 aromatic carbocycles. The Morgan fingerprint density at radius 1 is 1.33 bits per heavy atom. The average Bonchev–Trinajstić information content (AvgIpc) is 3.29. The largest absolute Gasteiger partial charge is 0.491 e. The minimum atomic E-state index is -0.985. The summed E-state index contributed by atoms with van der Waals surface area (Å²) in [7, 11) is 0. The molecule has 9 nitrogen and oxygen atoms in total. The van der Waals surface area contributed by atoms with Crippen molar-refractivity contribution in [2.75, 3.05) is 13.2 Å². The molecule has 30 heavy (non-hydrogen) atoms. The number of hydrogen-bond acceptors (Lipinski definition) is 6. The van der Waals surface area contributed by atoms with E-state index in [1.54, 1.807) is 32.0 Å². The molecular weight excluding hydrogens is 384 g/mol. The molecule has 4 rings (SSSR count). The van der Waals surface area contributed by atoms with Crippen molar-refractivity contribution in [2.45, 2.75) is 45.8 Å². The van der Waals surface area contributed by atoms with Gasteiger partial charge in [0.05, 0.1) is 12.2 Å². The molecule has 3 aromatic rings. The lowest BCUT2D eigenvalue weighted by Crippen LogP contribution is -2.38. The molecule has 2 N–H and O–H groups in total. The molecule has 0 fully saturated rings. The molecule has 0 atom stereocenters. The summed E-state index contributed by atoms with van der Waals surface area (Å²) in [5.41, 5.74) is 1.87. The zero-order valence-corrected chi connectivity index (χ0v) is 17.6. The van der Waals surface area contributed by atoms with Crippen molar-refractivity contribution in [3.63, 3.8) is 0 Å². The van der Waals surface area contributed by atoms with Crippen molar-refractivity contribution in [2.24, 2.45) is 0 Å². The molecule has 0 bridgehead atoms. The van der Waals surface area contributed by atoms with Crippen LogP contribution in [0, 0.1) is 0 Å². The minimum Gasteiger partial charge on any atom is -0.491 e. The summed E-state index contributed by atoms with van der Waals surface area (Å²) in [4.78, 5) is 17.0. The summed E-state index contributed by atoms with van der Waals surface area (Å²) in [6.07, 6.45) is 2.21. The monoisotopic (exact) mass is 410 g/mol. The van der Waals surface area contributed by atoms with E-state index in [-0.39, 0.29) is 18.5 Å². The van der Waals surface area contributed by atoms with Gasteiger partial charge in [-0.05, 0) is 52.0 Å². The Labute approximate surface area is 174 Å². The van der Waals surface area contributed by atoms with Crippen molar-refractivity contribution in [3.8, 4) is 23.0 Å². The highest BCUT2D eigenvalue weighted by atomic mass is 16.5. The van der Waals surface area contributed by atoms with Crippen LogP contribution in [-0.4, -0.2) is 54.3 Å². The van der Waals surface area contributed by atoms with Gasteiger partial charge >= 0.3 is 0 Å². The standard InChI is InChI=1S/C21H26N6O3/c1-13(2)26-19(23-12-24-26)16-10-15-7-8-30-18-6-5-14(9-17(18)27(15)25-16)20(28)22-11-21(3,4)29/h5-6,9-10,12-13,29H,7-8,11H2,1-4H3,(H,22,28). The van der Waals surface area contributed by atoms with Crippen LogP contribution < -0.4 is 10.1 Å². The van der Waals surface area contributed by atoms with E-state index in [4.69, 9.17) is 9.84 Å². The van der Waals surface area contributed by atoms with Gasteiger partial charge in [0.1, 0.15) is 23.5 Å². The predicted molar refractivity (Wildman–Crippen MR) is 111 cm³/mol. The van der Waals surface area contributed by atoms with Gasteiger partial charge in [-0.3, -0.25) is 4.79 Å². The molecule has 158 valence electrons. The van der Waals surface area contributed by atoms with Crippen LogP contribution in [0.3, 0.4) is 0 Å². The maximum atomic E-state index is 12.6. The van der Waals surface area contributed by atoms with Crippen LogP contribution in [0.5, 0.6) is 5.75 Å². The number of benzene rings is 1. The predicted octanol–water partition coefficient (Wildman–Crippen LogP) is 2.15. The van der Waals surface area contributed by atoms with Crippen LogP contribution in [-0.2, 0) is 6.42 Å². The highest BCUT2D eigenvalue weighted by Gasteiger charge is 2.23. The lowest BCUT2D eigenvalue weighted by atomic mass is 10.1. The first-order chi connectivity index (χ1) is 14.2. The number of ether oxygens (including phenoxy) is 1. The first-order valence-electron chi connectivity index (χ1n) is 9.99. The molecule has 1 amide bonds. The molecule has 2 aromatic heterocycles. The Bertz CT molecular complexity index is 1080. The molecule has 0 radical (unpaired) electrons. The fourth-order valence-corrected chi connectivity index (χ4v) is 3.34. The van der Waals surface area contributed by atoms with Gasteiger partial charge in [0.25, 0.3) is 5.91 Å². The van der Waals surface area contributed by atoms with E-state index in [0.29, 0.717) is 35.9 Å². The van der Waals surface area contributed by atoms with E-state index in [2.05, 4.69) is 15.4 Å². The number of carbonyl (C=O) groups excluding carboxylic acids is 1. The van der Waals surface area contributed by atoms with Crippen molar-refractivity contribution in [3.05, 3.63) is 41.9 Å². The topological polar surface area (TPSA) is 107 Å². The number of carbonyl (C=O) groups is 1. The summed E-state index contributed by atoms with van der Waals surface area (Å²) in [5.74, 6) is 1.09. The highest BCUT2D eigenvalue weighted by Crippen LogP contribution is 2.30. The zero-order chi connectivity index (χ0) is 21.5. The van der Waals surface area contributed by atoms with Crippen LogP contribution in [0.15, 0.2) is 30.6 Å². The fourth-order valence-electron chi connectivity index (χ4n) is 3.34. The molecular formula is C21H26N6O3. The summed E-state index contributed by atoms with van der Waals surface area (Å²) >= 11 is 0. The molecule has 0 saturated carbocycles. The Morgan fingerprint density at radius 2 is 2.13 bits per heavy atom. The fraction of sp³-hybridized carbons (Fsp3) is 0.429. The zero-order valence-electron chi connectivity index (χ0n) is 17.6. The van der Waals surface area contributed by atoms with E-state index in [1.807, 2.05) is 29.3 Å². The third kappa shape index (κ3) is 3.93. The Kier molecular flexibility index (Phi) is 5.07. The van der Waals surface area contributed by atoms with Crippen LogP contribution in [0.2, 0.25) is 0 Å². The molecule has 1 aliphatic heterocycles. The van der Waals surface area contributed by atoms with Crippen molar-refractivity contribution >= 4 is 5.91 Å². The minimum absolute atomic E-state index is 0.154. The number of aromatic nitrogens is 5. The number of fused-ring (bicyclic) bond motifs is 3. The van der Waals surface area contributed by atoms with Gasteiger partial charge in [0, 0.05) is 30.3 Å². The van der Waals surface area contributed by atoms with E-state index >= 15 is 0 Å². The lowest BCUT2D eigenvalue weighted by Gasteiger charge is -2.18. The molecule has 0 spiro atoms. The molecule has 1 aliphatic rings. The summed E-state index contributed by atoms with van der Waals surface area (Å²) in [6.45, 7) is 8.04. The SMILES string of the molecule is CC(C)n1ncnc1-c1cc2n(n1)-c1cc(C(=O)NCC(C)(C)O)ccc1OCC2. The summed E-state index contributed by atoms with van der Waals surface area (Å²) < 4.78 is 9.51. The lowest BCUT2D eigenvalue weighted by molar-refractivity contribution is 0.0694. The quantitative estimate of drug-likeness (QED) is 0.667.